The van der Waals surface area contributed by atoms with E-state index in [1.807, 2.05) is 10.6 Å². The summed E-state index contributed by atoms with van der Waals surface area (Å²) in [5.41, 5.74) is 4.70. The van der Waals surface area contributed by atoms with Crippen LogP contribution in [0.1, 0.15) is 0 Å². The Morgan fingerprint density at radius 3 is 2.42 bits per heavy atom. The second kappa shape index (κ2) is 4.01. The van der Waals surface area contributed by atoms with Crippen LogP contribution >= 0.6 is 0 Å². The zero-order valence-corrected chi connectivity index (χ0v) is 9.05. The number of urea groups is 2. The molecule has 5 amide bonds. The number of nitrogens with two attached hydrogens (primary N) is 1. The van der Waals surface area contributed by atoms with E-state index in [-0.39, 0.29) is 19.5 Å². The molecular formula is C4H6N4O3Zn. The van der Waals surface area contributed by atoms with Crippen molar-refractivity contribution in [2.45, 2.75) is 6.17 Å². The van der Waals surface area contributed by atoms with Crippen LogP contribution in [0, 0.1) is 0 Å². The molecular weight excluding hydrogens is 217 g/mol. The van der Waals surface area contributed by atoms with Gasteiger partial charge in [-0.05, 0) is 0 Å². The van der Waals surface area contributed by atoms with Gasteiger partial charge in [-0.3, -0.25) is 10.1 Å². The Hall–Kier alpha value is -1.17. The summed E-state index contributed by atoms with van der Waals surface area (Å²) in [5.74, 6) is -0.617. The molecule has 7 nitrogen and oxygen atoms in total. The third-order valence-corrected chi connectivity index (χ3v) is 1.06. The first-order valence-corrected chi connectivity index (χ1v) is 2.77. The Balaban J connectivity index is 0.00000121. The van der Waals surface area contributed by atoms with Crippen LogP contribution in [0.4, 0.5) is 9.59 Å². The molecule has 12 heavy (non-hydrogen) atoms. The number of rotatable bonds is 1. The molecule has 0 aromatic rings. The minimum Gasteiger partial charge on any atom is -0.352 e. The molecule has 1 unspecified atom stereocenters. The van der Waals surface area contributed by atoms with Crippen LogP contribution in [0.2, 0.25) is 0 Å². The summed E-state index contributed by atoms with van der Waals surface area (Å²) in [4.78, 5) is 31.3. The molecule has 1 rings (SSSR count). The van der Waals surface area contributed by atoms with Crippen LogP contribution in [0.15, 0.2) is 0 Å². The Kier molecular flexibility index (Phi) is 3.62. The maximum absolute atomic E-state index is 10.7. The van der Waals surface area contributed by atoms with Crippen molar-refractivity contribution in [1.82, 2.24) is 16.0 Å². The Morgan fingerprint density at radius 1 is 1.50 bits per heavy atom. The second-order valence-electron chi connectivity index (χ2n) is 1.90. The molecule has 0 aromatic carbocycles. The van der Waals surface area contributed by atoms with E-state index in [0.29, 0.717) is 0 Å². The summed E-state index contributed by atoms with van der Waals surface area (Å²) in [7, 11) is 0. The van der Waals surface area contributed by atoms with Gasteiger partial charge in [0.1, 0.15) is 0 Å². The standard InChI is InChI=1S/C4H6N4O3.Zn/c5-3(10)6-1-2(9)8-4(11)7-1;/h1H,(H3,5,6,10)(H2,7,8,9,11);. The number of hydrogen-bond donors (Lipinski definition) is 4. The van der Waals surface area contributed by atoms with E-state index in [1.54, 1.807) is 0 Å². The number of primary amides is 1. The molecule has 0 bridgehead atoms. The average molecular weight is 224 g/mol. The Bertz CT molecular complexity index is 230. The van der Waals surface area contributed by atoms with Gasteiger partial charge in [-0.2, -0.15) is 0 Å². The van der Waals surface area contributed by atoms with Gasteiger partial charge in [0.15, 0.2) is 6.17 Å². The van der Waals surface area contributed by atoms with Crippen molar-refractivity contribution in [3.8, 4) is 0 Å². The first kappa shape index (κ1) is 10.8. The minimum absolute atomic E-state index is 0. The fourth-order valence-electron chi connectivity index (χ4n) is 0.661. The molecule has 0 spiro atoms. The van der Waals surface area contributed by atoms with Crippen LogP contribution in [-0.2, 0) is 24.3 Å². The normalized spacial score (nSPS) is 20.5. The number of carbonyl (C=O) groups is 3. The third-order valence-electron chi connectivity index (χ3n) is 1.06. The Morgan fingerprint density at radius 2 is 2.08 bits per heavy atom. The van der Waals surface area contributed by atoms with E-state index < -0.39 is 24.1 Å². The Labute approximate surface area is 80.2 Å². The largest absolute Gasteiger partial charge is 0.352 e. The fraction of sp³-hybridized carbons (Fsp3) is 0.250. The third kappa shape index (κ3) is 2.46. The van der Waals surface area contributed by atoms with Gasteiger partial charge in [-0.25, -0.2) is 9.59 Å². The molecule has 1 aliphatic heterocycles. The topological polar surface area (TPSA) is 113 Å². The van der Waals surface area contributed by atoms with Crippen LogP contribution in [0.3, 0.4) is 0 Å². The first-order chi connectivity index (χ1) is 5.09. The van der Waals surface area contributed by atoms with Crippen molar-refractivity contribution >= 4 is 18.0 Å². The predicted molar refractivity (Wildman–Crippen MR) is 33.2 cm³/mol. The molecule has 5 N–H and O–H groups in total. The summed E-state index contributed by atoms with van der Waals surface area (Å²) in [6.45, 7) is 0. The summed E-state index contributed by atoms with van der Waals surface area (Å²) in [6, 6.07) is -1.51. The summed E-state index contributed by atoms with van der Waals surface area (Å²) in [6.07, 6.45) is -1.04. The van der Waals surface area contributed by atoms with Gasteiger partial charge in [0.05, 0.1) is 0 Å². The number of nitrogens with one attached hydrogen (secondary N) is 3. The van der Waals surface area contributed by atoms with Crippen molar-refractivity contribution in [2.24, 2.45) is 5.73 Å². The number of hydrogen-bond acceptors (Lipinski definition) is 3. The van der Waals surface area contributed by atoms with Gasteiger partial charge in [0.25, 0.3) is 5.91 Å². The molecule has 1 aliphatic rings. The molecule has 1 heterocycles. The smallest absolute Gasteiger partial charge is 0.323 e. The van der Waals surface area contributed by atoms with Gasteiger partial charge in [0.2, 0.25) is 0 Å². The molecule has 1 fully saturated rings. The maximum atomic E-state index is 10.7. The molecule has 0 saturated carbocycles. The zero-order chi connectivity index (χ0) is 8.43. The van der Waals surface area contributed by atoms with E-state index >= 15 is 0 Å². The fourth-order valence-corrected chi connectivity index (χ4v) is 0.661. The van der Waals surface area contributed by atoms with Gasteiger partial charge in [0, 0.05) is 19.5 Å². The van der Waals surface area contributed by atoms with Crippen molar-refractivity contribution in [2.75, 3.05) is 0 Å². The predicted octanol–water partition coefficient (Wildman–Crippen LogP) is -2.18. The molecule has 1 saturated heterocycles. The van der Waals surface area contributed by atoms with Crippen LogP contribution in [-0.4, -0.2) is 24.1 Å². The summed E-state index contributed by atoms with van der Waals surface area (Å²) < 4.78 is 0. The van der Waals surface area contributed by atoms with Crippen LogP contribution in [0.5, 0.6) is 0 Å². The second-order valence-corrected chi connectivity index (χ2v) is 1.90. The summed E-state index contributed by atoms with van der Waals surface area (Å²) >= 11 is 0. The van der Waals surface area contributed by atoms with Crippen molar-refractivity contribution in [3.05, 3.63) is 0 Å². The van der Waals surface area contributed by atoms with Gasteiger partial charge in [-0.15, -0.1) is 0 Å². The van der Waals surface area contributed by atoms with E-state index in [1.165, 1.54) is 0 Å². The van der Waals surface area contributed by atoms with E-state index in [9.17, 15) is 14.4 Å². The number of carbonyl (C=O) groups excluding carboxylic acids is 3. The van der Waals surface area contributed by atoms with E-state index in [4.69, 9.17) is 5.73 Å². The van der Waals surface area contributed by atoms with Gasteiger partial charge < -0.3 is 16.4 Å². The van der Waals surface area contributed by atoms with Gasteiger partial charge >= 0.3 is 12.1 Å². The minimum atomic E-state index is -1.04. The van der Waals surface area contributed by atoms with Crippen LogP contribution < -0.4 is 21.7 Å². The van der Waals surface area contributed by atoms with Crippen molar-refractivity contribution in [3.63, 3.8) is 0 Å². The molecule has 62 valence electrons. The molecule has 0 radical (unpaired) electrons. The van der Waals surface area contributed by atoms with Crippen molar-refractivity contribution in [1.29, 1.82) is 0 Å². The first-order valence-electron chi connectivity index (χ1n) is 2.77. The quantitative estimate of drug-likeness (QED) is 0.299. The molecule has 0 aromatic heterocycles. The molecule has 1 atom stereocenters. The van der Waals surface area contributed by atoms with E-state index in [2.05, 4.69) is 5.32 Å². The summed E-state index contributed by atoms with van der Waals surface area (Å²) in [5, 5.41) is 6.05. The molecule has 0 aliphatic carbocycles. The van der Waals surface area contributed by atoms with Crippen molar-refractivity contribution < 1.29 is 33.9 Å². The maximum Gasteiger partial charge on any atom is 0.323 e. The molecule has 8 heteroatoms. The zero-order valence-electron chi connectivity index (χ0n) is 6.09. The van der Waals surface area contributed by atoms with E-state index in [0.717, 1.165) is 0 Å². The SMILES string of the molecule is NC(=O)NC1NC(=O)NC1=O.[Zn]. The van der Waals surface area contributed by atoms with Gasteiger partial charge in [-0.1, -0.05) is 0 Å². The monoisotopic (exact) mass is 222 g/mol. The number of imide groups is 1. The average Bonchev–Trinajstić information content (AvgIpc) is 2.09. The van der Waals surface area contributed by atoms with Crippen LogP contribution in [0.25, 0.3) is 0 Å². The number of amides is 5.